The van der Waals surface area contributed by atoms with Crippen molar-refractivity contribution in [2.75, 3.05) is 0 Å². The number of benzene rings is 1. The monoisotopic (exact) mass is 182 g/mol. The van der Waals surface area contributed by atoms with E-state index in [0.717, 1.165) is 5.56 Å². The van der Waals surface area contributed by atoms with E-state index in [1.54, 1.807) is 18.2 Å². The van der Waals surface area contributed by atoms with E-state index in [2.05, 4.69) is 0 Å². The highest BCUT2D eigenvalue weighted by Gasteiger charge is 1.96. The Labute approximate surface area is 75.1 Å². The third-order valence-corrected chi connectivity index (χ3v) is 1.66. The molecule has 1 rings (SSSR count). The van der Waals surface area contributed by atoms with Gasteiger partial charge < -0.3 is 5.11 Å². The zero-order chi connectivity index (χ0) is 8.97. The summed E-state index contributed by atoms with van der Waals surface area (Å²) >= 11 is 5.57. The molecule has 0 amide bonds. The topological polar surface area (TPSA) is 37.3 Å². The molecule has 0 fully saturated rings. The molecule has 0 atom stereocenters. The van der Waals surface area contributed by atoms with Crippen molar-refractivity contribution in [1.29, 1.82) is 0 Å². The Hall–Kier alpha value is -1.28. The van der Waals surface area contributed by atoms with Crippen LogP contribution >= 0.6 is 11.6 Å². The molecule has 0 bridgehead atoms. The van der Waals surface area contributed by atoms with Gasteiger partial charge in [0, 0.05) is 0 Å². The maximum atomic E-state index is 9.95. The van der Waals surface area contributed by atoms with E-state index in [0.29, 0.717) is 11.3 Å². The van der Waals surface area contributed by atoms with Crippen LogP contribution in [0.15, 0.2) is 24.3 Å². The fourth-order valence-corrected chi connectivity index (χ4v) is 0.901. The van der Waals surface area contributed by atoms with Crippen LogP contribution in [0.25, 0.3) is 6.08 Å². The van der Waals surface area contributed by atoms with Gasteiger partial charge in [-0.05, 0) is 23.8 Å². The van der Waals surface area contributed by atoms with Gasteiger partial charge in [-0.15, -0.1) is 0 Å². The summed E-state index contributed by atoms with van der Waals surface area (Å²) in [5.41, 5.74) is 0.740. The van der Waals surface area contributed by atoms with Crippen LogP contribution in [0.4, 0.5) is 0 Å². The predicted molar refractivity (Wildman–Crippen MR) is 48.2 cm³/mol. The number of carbonyl (C=O) groups is 1. The van der Waals surface area contributed by atoms with Crippen LogP contribution < -0.4 is 0 Å². The lowest BCUT2D eigenvalue weighted by Crippen LogP contribution is -1.73. The number of hydrogen-bond acceptors (Lipinski definition) is 2. The molecule has 0 aliphatic carbocycles. The Morgan fingerprint density at radius 1 is 1.42 bits per heavy atom. The molecule has 0 saturated heterocycles. The fourth-order valence-electron chi connectivity index (χ4n) is 0.784. The van der Waals surface area contributed by atoms with Crippen LogP contribution in [0.3, 0.4) is 0 Å². The second-order valence-electron chi connectivity index (χ2n) is 2.21. The first-order valence-electron chi connectivity index (χ1n) is 3.34. The summed E-state index contributed by atoms with van der Waals surface area (Å²) in [7, 11) is 0. The maximum Gasteiger partial charge on any atom is 0.142 e. The number of phenols is 1. The number of carbonyl (C=O) groups excluding carboxylic acids is 1. The van der Waals surface area contributed by atoms with Crippen molar-refractivity contribution in [3.8, 4) is 5.75 Å². The number of hydrogen-bond donors (Lipinski definition) is 1. The number of aromatic hydroxyl groups is 1. The normalized spacial score (nSPS) is 10.4. The van der Waals surface area contributed by atoms with Crippen LogP contribution in [-0.2, 0) is 4.79 Å². The average Bonchev–Trinajstić information content (AvgIpc) is 2.07. The van der Waals surface area contributed by atoms with Gasteiger partial charge in [-0.25, -0.2) is 0 Å². The molecule has 3 heteroatoms. The summed E-state index contributed by atoms with van der Waals surface area (Å²) in [6.07, 6.45) is 3.61. The Morgan fingerprint density at radius 3 is 2.75 bits per heavy atom. The summed E-state index contributed by atoms with van der Waals surface area (Å²) in [6, 6.07) is 4.77. The van der Waals surface area contributed by atoms with Gasteiger partial charge in [0.15, 0.2) is 0 Å². The third kappa shape index (κ3) is 2.10. The Morgan fingerprint density at radius 2 is 2.17 bits per heavy atom. The van der Waals surface area contributed by atoms with E-state index >= 15 is 0 Å². The van der Waals surface area contributed by atoms with Crippen molar-refractivity contribution in [2.24, 2.45) is 0 Å². The van der Waals surface area contributed by atoms with Gasteiger partial charge in [0.05, 0.1) is 5.02 Å². The summed E-state index contributed by atoms with van der Waals surface area (Å²) in [5.74, 6) is 0.0183. The van der Waals surface area contributed by atoms with Gasteiger partial charge in [-0.1, -0.05) is 23.7 Å². The molecular formula is C9H7ClO2. The van der Waals surface area contributed by atoms with E-state index in [9.17, 15) is 4.79 Å². The molecule has 1 aromatic carbocycles. The van der Waals surface area contributed by atoms with Crippen LogP contribution in [0.5, 0.6) is 5.75 Å². The van der Waals surface area contributed by atoms with Gasteiger partial charge in [0.25, 0.3) is 0 Å². The standard InChI is InChI=1S/C9H7ClO2/c10-8-4-3-7(2-1-5-11)6-9(8)12/h1-6,12H/b2-1+. The summed E-state index contributed by atoms with van der Waals surface area (Å²) in [4.78, 5) is 9.95. The molecular weight excluding hydrogens is 176 g/mol. The lowest BCUT2D eigenvalue weighted by Gasteiger charge is -1.96. The van der Waals surface area contributed by atoms with Crippen molar-refractivity contribution in [3.63, 3.8) is 0 Å². The number of phenolic OH excluding ortho intramolecular Hbond substituents is 1. The largest absolute Gasteiger partial charge is 0.506 e. The molecule has 62 valence electrons. The highest BCUT2D eigenvalue weighted by atomic mass is 35.5. The summed E-state index contributed by atoms with van der Waals surface area (Å²) in [5, 5.41) is 9.45. The minimum atomic E-state index is 0.0183. The minimum absolute atomic E-state index is 0.0183. The molecule has 0 aromatic heterocycles. The highest BCUT2D eigenvalue weighted by Crippen LogP contribution is 2.23. The second kappa shape index (κ2) is 3.93. The molecule has 2 nitrogen and oxygen atoms in total. The number of allylic oxidation sites excluding steroid dienone is 1. The molecule has 0 aliphatic rings. The number of halogens is 1. The summed E-state index contributed by atoms with van der Waals surface area (Å²) < 4.78 is 0. The van der Waals surface area contributed by atoms with E-state index in [4.69, 9.17) is 16.7 Å². The van der Waals surface area contributed by atoms with Gasteiger partial charge >= 0.3 is 0 Å². The average molecular weight is 183 g/mol. The van der Waals surface area contributed by atoms with Crippen molar-refractivity contribution < 1.29 is 9.90 Å². The first kappa shape index (κ1) is 8.81. The highest BCUT2D eigenvalue weighted by molar-refractivity contribution is 6.32. The molecule has 0 unspecified atom stereocenters. The maximum absolute atomic E-state index is 9.95. The quantitative estimate of drug-likeness (QED) is 0.563. The van der Waals surface area contributed by atoms with Crippen LogP contribution in [0, 0.1) is 0 Å². The van der Waals surface area contributed by atoms with Gasteiger partial charge in [-0.2, -0.15) is 0 Å². The van der Waals surface area contributed by atoms with Crippen LogP contribution in [0.2, 0.25) is 5.02 Å². The molecule has 0 aliphatic heterocycles. The lowest BCUT2D eigenvalue weighted by molar-refractivity contribution is -0.104. The van der Waals surface area contributed by atoms with Gasteiger partial charge in [-0.3, -0.25) is 4.79 Å². The number of rotatable bonds is 2. The Balaban J connectivity index is 2.96. The molecule has 1 aromatic rings. The van der Waals surface area contributed by atoms with Crippen molar-refractivity contribution in [3.05, 3.63) is 34.9 Å². The van der Waals surface area contributed by atoms with Gasteiger partial charge in [0.1, 0.15) is 12.0 Å². The van der Waals surface area contributed by atoms with E-state index in [-0.39, 0.29) is 5.75 Å². The Kier molecular flexibility index (Phi) is 2.88. The lowest BCUT2D eigenvalue weighted by atomic mass is 10.2. The zero-order valence-corrected chi connectivity index (χ0v) is 6.95. The summed E-state index contributed by atoms with van der Waals surface area (Å²) in [6.45, 7) is 0. The van der Waals surface area contributed by atoms with Gasteiger partial charge in [0.2, 0.25) is 0 Å². The second-order valence-corrected chi connectivity index (χ2v) is 2.61. The molecule has 0 saturated carbocycles. The van der Waals surface area contributed by atoms with E-state index < -0.39 is 0 Å². The van der Waals surface area contributed by atoms with Crippen molar-refractivity contribution in [1.82, 2.24) is 0 Å². The smallest absolute Gasteiger partial charge is 0.142 e. The molecule has 0 radical (unpaired) electrons. The first-order valence-corrected chi connectivity index (χ1v) is 3.72. The van der Waals surface area contributed by atoms with Crippen molar-refractivity contribution in [2.45, 2.75) is 0 Å². The van der Waals surface area contributed by atoms with Crippen LogP contribution in [-0.4, -0.2) is 11.4 Å². The Bertz CT molecular complexity index is 318. The van der Waals surface area contributed by atoms with E-state index in [1.807, 2.05) is 0 Å². The first-order chi connectivity index (χ1) is 5.74. The third-order valence-electron chi connectivity index (χ3n) is 1.34. The minimum Gasteiger partial charge on any atom is -0.506 e. The van der Waals surface area contributed by atoms with E-state index in [1.165, 1.54) is 12.1 Å². The molecule has 12 heavy (non-hydrogen) atoms. The predicted octanol–water partition coefficient (Wildman–Crippen LogP) is 2.26. The fraction of sp³-hybridized carbons (Fsp3) is 0. The molecule has 1 N–H and O–H groups in total. The molecule has 0 spiro atoms. The zero-order valence-electron chi connectivity index (χ0n) is 6.20. The molecule has 0 heterocycles. The van der Waals surface area contributed by atoms with Crippen LogP contribution in [0.1, 0.15) is 5.56 Å². The van der Waals surface area contributed by atoms with Crippen molar-refractivity contribution >= 4 is 24.0 Å². The SMILES string of the molecule is O=C/C=C/c1ccc(Cl)c(O)c1. The number of aldehydes is 1.